The lowest BCUT2D eigenvalue weighted by atomic mass is 9.76. The van der Waals surface area contributed by atoms with Crippen LogP contribution in [0.25, 0.3) is 0 Å². The number of benzene rings is 3. The molecule has 0 bridgehead atoms. The van der Waals surface area contributed by atoms with Crippen LogP contribution in [0.1, 0.15) is 92.4 Å². The van der Waals surface area contributed by atoms with E-state index in [9.17, 15) is 0 Å². The molecule has 3 aromatic rings. The van der Waals surface area contributed by atoms with Crippen LogP contribution in [-0.2, 0) is 6.42 Å². The molecule has 0 radical (unpaired) electrons. The van der Waals surface area contributed by atoms with Crippen molar-refractivity contribution in [1.29, 1.82) is 0 Å². The molecule has 1 unspecified atom stereocenters. The fraction of sp³-hybridized carbons (Fsp3) is 0.419. The van der Waals surface area contributed by atoms with Crippen LogP contribution in [0.2, 0.25) is 5.02 Å². The van der Waals surface area contributed by atoms with Crippen molar-refractivity contribution in [2.45, 2.75) is 76.5 Å². The summed E-state index contributed by atoms with van der Waals surface area (Å²) in [5, 5.41) is 0.727. The Labute approximate surface area is 204 Å². The smallest absolute Gasteiger partial charge is 0.127 e. The van der Waals surface area contributed by atoms with E-state index in [1.807, 2.05) is 54.6 Å². The van der Waals surface area contributed by atoms with E-state index < -0.39 is 0 Å². The summed E-state index contributed by atoms with van der Waals surface area (Å²) in [6.07, 6.45) is 11.1. The average Bonchev–Trinajstić information content (AvgIpc) is 2.85. The summed E-state index contributed by atoms with van der Waals surface area (Å²) in [6, 6.07) is 24.3. The molecule has 0 spiro atoms. The van der Waals surface area contributed by atoms with Crippen LogP contribution in [0.15, 0.2) is 72.8 Å². The summed E-state index contributed by atoms with van der Waals surface area (Å²) in [4.78, 5) is 0. The molecule has 4 rings (SSSR count). The highest BCUT2D eigenvalue weighted by atomic mass is 35.5. The number of unbranched alkanes of at least 4 members (excludes halogenated alkanes) is 2. The Hall–Kier alpha value is -2.12. The van der Waals surface area contributed by atoms with Gasteiger partial charge in [0, 0.05) is 10.9 Å². The first-order valence-corrected chi connectivity index (χ1v) is 13.1. The van der Waals surface area contributed by atoms with Gasteiger partial charge in [-0.15, -0.1) is 0 Å². The van der Waals surface area contributed by atoms with E-state index >= 15 is 4.39 Å². The maximum absolute atomic E-state index is 15.6. The van der Waals surface area contributed by atoms with E-state index in [1.165, 1.54) is 56.9 Å². The van der Waals surface area contributed by atoms with Crippen LogP contribution in [0, 0.1) is 11.7 Å². The Bertz CT molecular complexity index is 987. The molecule has 1 fully saturated rings. The van der Waals surface area contributed by atoms with Crippen LogP contribution in [0.5, 0.6) is 0 Å². The zero-order valence-electron chi connectivity index (χ0n) is 19.8. The van der Waals surface area contributed by atoms with E-state index in [2.05, 4.69) is 25.1 Å². The molecule has 1 aliphatic carbocycles. The Morgan fingerprint density at radius 1 is 0.879 bits per heavy atom. The van der Waals surface area contributed by atoms with Gasteiger partial charge in [-0.25, -0.2) is 4.39 Å². The van der Waals surface area contributed by atoms with Crippen molar-refractivity contribution < 1.29 is 4.39 Å². The Morgan fingerprint density at radius 3 is 2.27 bits per heavy atom. The first kappa shape index (κ1) is 24.0. The molecule has 0 nitrogen and oxygen atoms in total. The van der Waals surface area contributed by atoms with Gasteiger partial charge in [-0.1, -0.05) is 98.8 Å². The number of rotatable bonds is 9. The fourth-order valence-corrected chi connectivity index (χ4v) is 5.62. The first-order chi connectivity index (χ1) is 16.1. The third-order valence-corrected chi connectivity index (χ3v) is 7.74. The molecular formula is C31H36ClF. The average molecular weight is 463 g/mol. The van der Waals surface area contributed by atoms with Crippen molar-refractivity contribution in [2.75, 3.05) is 0 Å². The highest BCUT2D eigenvalue weighted by molar-refractivity contribution is 6.30. The lowest BCUT2D eigenvalue weighted by Gasteiger charge is -2.29. The first-order valence-electron chi connectivity index (χ1n) is 12.7. The van der Waals surface area contributed by atoms with Crippen molar-refractivity contribution >= 4 is 11.6 Å². The van der Waals surface area contributed by atoms with Crippen LogP contribution in [0.4, 0.5) is 4.39 Å². The van der Waals surface area contributed by atoms with Crippen molar-refractivity contribution in [3.8, 4) is 0 Å². The molecule has 174 valence electrons. The Kier molecular flexibility index (Phi) is 8.62. The zero-order chi connectivity index (χ0) is 23.0. The molecule has 0 aliphatic heterocycles. The second-order valence-electron chi connectivity index (χ2n) is 9.79. The van der Waals surface area contributed by atoms with Crippen LogP contribution < -0.4 is 0 Å². The lowest BCUT2D eigenvalue weighted by molar-refractivity contribution is 0.302. The summed E-state index contributed by atoms with van der Waals surface area (Å²) >= 11 is 6.08. The van der Waals surface area contributed by atoms with Crippen LogP contribution in [0.3, 0.4) is 0 Å². The van der Waals surface area contributed by atoms with E-state index in [0.29, 0.717) is 5.92 Å². The molecule has 33 heavy (non-hydrogen) atoms. The maximum Gasteiger partial charge on any atom is 0.127 e. The molecule has 1 saturated carbocycles. The second-order valence-corrected chi connectivity index (χ2v) is 10.2. The van der Waals surface area contributed by atoms with Gasteiger partial charge in [0.2, 0.25) is 0 Å². The van der Waals surface area contributed by atoms with Gasteiger partial charge >= 0.3 is 0 Å². The van der Waals surface area contributed by atoms with Gasteiger partial charge in [-0.3, -0.25) is 0 Å². The van der Waals surface area contributed by atoms with E-state index in [-0.39, 0.29) is 11.7 Å². The molecule has 0 N–H and O–H groups in total. The third kappa shape index (κ3) is 6.48. The molecule has 0 heterocycles. The van der Waals surface area contributed by atoms with Crippen molar-refractivity contribution in [3.63, 3.8) is 0 Å². The molecule has 1 aliphatic rings. The topological polar surface area (TPSA) is 0 Å². The standard InChI is InChI=1S/C31H36ClF/c1-2-3-5-8-23-11-15-25(16-12-23)27-17-20-29(31(33)22-27)30(26-9-6-4-7-10-26)21-24-13-18-28(32)19-14-24/h4,6-7,9-10,13-14,17-20,22-23,25,30H,2-3,5,8,11-12,15-16,21H2,1H3. The van der Waals surface area contributed by atoms with Gasteiger partial charge in [0.1, 0.15) is 5.82 Å². The highest BCUT2D eigenvalue weighted by Crippen LogP contribution is 2.39. The summed E-state index contributed by atoms with van der Waals surface area (Å²) in [5.41, 5.74) is 4.28. The largest absolute Gasteiger partial charge is 0.207 e. The Balaban J connectivity index is 1.50. The Morgan fingerprint density at radius 2 is 1.61 bits per heavy atom. The minimum absolute atomic E-state index is 0.0178. The molecule has 0 amide bonds. The van der Waals surface area contributed by atoms with Gasteiger partial charge in [-0.05, 0) is 84.4 Å². The minimum atomic E-state index is -0.0691. The zero-order valence-corrected chi connectivity index (χ0v) is 20.5. The SMILES string of the molecule is CCCCCC1CCC(c2ccc(C(Cc3ccc(Cl)cc3)c3ccccc3)c(F)c2)CC1. The fourth-order valence-electron chi connectivity index (χ4n) is 5.50. The lowest BCUT2D eigenvalue weighted by Crippen LogP contribution is -2.14. The minimum Gasteiger partial charge on any atom is -0.207 e. The number of hydrogen-bond acceptors (Lipinski definition) is 0. The van der Waals surface area contributed by atoms with Crippen molar-refractivity contribution in [1.82, 2.24) is 0 Å². The highest BCUT2D eigenvalue weighted by Gasteiger charge is 2.24. The monoisotopic (exact) mass is 462 g/mol. The van der Waals surface area contributed by atoms with Gasteiger partial charge in [0.25, 0.3) is 0 Å². The van der Waals surface area contributed by atoms with Crippen molar-refractivity contribution in [2.24, 2.45) is 5.92 Å². The van der Waals surface area contributed by atoms with Crippen LogP contribution in [-0.4, -0.2) is 0 Å². The third-order valence-electron chi connectivity index (χ3n) is 7.49. The molecule has 0 aromatic heterocycles. The summed E-state index contributed by atoms with van der Waals surface area (Å²) in [7, 11) is 0. The molecular weight excluding hydrogens is 427 g/mol. The van der Waals surface area contributed by atoms with E-state index in [4.69, 9.17) is 11.6 Å². The second kappa shape index (κ2) is 11.8. The molecule has 3 aromatic carbocycles. The normalized spacial score (nSPS) is 19.4. The predicted octanol–water partition coefficient (Wildman–Crippen LogP) is 9.71. The summed E-state index contributed by atoms with van der Waals surface area (Å²) in [6.45, 7) is 2.27. The predicted molar refractivity (Wildman–Crippen MR) is 139 cm³/mol. The number of hydrogen-bond donors (Lipinski definition) is 0. The van der Waals surface area contributed by atoms with Gasteiger partial charge < -0.3 is 0 Å². The molecule has 2 heteroatoms. The number of halogens is 2. The quantitative estimate of drug-likeness (QED) is 0.277. The molecule has 1 atom stereocenters. The molecule has 0 saturated heterocycles. The van der Waals surface area contributed by atoms with E-state index in [1.54, 1.807) is 0 Å². The maximum atomic E-state index is 15.6. The van der Waals surface area contributed by atoms with Gasteiger partial charge in [0.15, 0.2) is 0 Å². The van der Waals surface area contributed by atoms with Gasteiger partial charge in [0.05, 0.1) is 0 Å². The van der Waals surface area contributed by atoms with Crippen molar-refractivity contribution in [3.05, 3.63) is 106 Å². The van der Waals surface area contributed by atoms with E-state index in [0.717, 1.165) is 34.1 Å². The summed E-state index contributed by atoms with van der Waals surface area (Å²) in [5.74, 6) is 1.29. The van der Waals surface area contributed by atoms with Gasteiger partial charge in [-0.2, -0.15) is 0 Å². The summed E-state index contributed by atoms with van der Waals surface area (Å²) < 4.78 is 15.6. The van der Waals surface area contributed by atoms with Crippen LogP contribution >= 0.6 is 11.6 Å².